The van der Waals surface area contributed by atoms with Gasteiger partial charge in [-0.1, -0.05) is 18.7 Å². The molecule has 0 bridgehead atoms. The number of benzene rings is 2. The fraction of sp³-hybridized carbons (Fsp3) is 0.208. The van der Waals surface area contributed by atoms with Crippen molar-refractivity contribution in [1.29, 1.82) is 0 Å². The third-order valence-corrected chi connectivity index (χ3v) is 5.57. The van der Waals surface area contributed by atoms with E-state index in [1.165, 1.54) is 18.9 Å². The third-order valence-electron chi connectivity index (χ3n) is 4.56. The van der Waals surface area contributed by atoms with Crippen molar-refractivity contribution in [1.82, 2.24) is 4.90 Å². The first-order valence-corrected chi connectivity index (χ1v) is 10.7. The van der Waals surface area contributed by atoms with Crippen LogP contribution in [-0.4, -0.2) is 49.3 Å². The quantitative estimate of drug-likeness (QED) is 0.329. The smallest absolute Gasteiger partial charge is 0.337 e. The molecule has 1 fully saturated rings. The molecule has 0 N–H and O–H groups in total. The number of likely N-dealkylation sites (N-methyl/N-ethyl adjacent to an activating group) is 1. The van der Waals surface area contributed by atoms with Crippen molar-refractivity contribution in [2.24, 2.45) is 4.99 Å². The molecule has 2 aromatic rings. The number of hydrogen-bond acceptors (Lipinski definition) is 7. The van der Waals surface area contributed by atoms with Gasteiger partial charge in [0.2, 0.25) is 0 Å². The normalized spacial score (nSPS) is 15.8. The van der Waals surface area contributed by atoms with E-state index in [4.69, 9.17) is 14.2 Å². The molecule has 0 unspecified atom stereocenters. The lowest BCUT2D eigenvalue weighted by Gasteiger charge is -2.12. The summed E-state index contributed by atoms with van der Waals surface area (Å²) in [6.07, 6.45) is 3.46. The molecule has 0 aliphatic carbocycles. The zero-order valence-corrected chi connectivity index (χ0v) is 19.0. The van der Waals surface area contributed by atoms with Crippen LogP contribution in [0.5, 0.6) is 11.5 Å². The predicted octanol–water partition coefficient (Wildman–Crippen LogP) is 4.67. The molecule has 32 heavy (non-hydrogen) atoms. The second-order valence-corrected chi connectivity index (χ2v) is 7.61. The average Bonchev–Trinajstić information content (AvgIpc) is 3.11. The van der Waals surface area contributed by atoms with E-state index < -0.39 is 5.97 Å². The molecular formula is C24H24N2O5S. The second kappa shape index (κ2) is 10.7. The summed E-state index contributed by atoms with van der Waals surface area (Å²) in [5.74, 6) is 0.649. The first-order chi connectivity index (χ1) is 15.5. The summed E-state index contributed by atoms with van der Waals surface area (Å²) < 4.78 is 15.7. The SMILES string of the molecule is C=CCOc1ccc(/C=C2/SC(=Nc3ccc(C(=O)OC)cc3)N(CC)C2=O)cc1OC. The molecule has 1 amide bonds. The number of methoxy groups -OCH3 is 2. The number of hydrogen-bond donors (Lipinski definition) is 0. The number of thioether (sulfide) groups is 1. The minimum Gasteiger partial charge on any atom is -0.493 e. The van der Waals surface area contributed by atoms with Crippen molar-refractivity contribution in [2.45, 2.75) is 6.92 Å². The summed E-state index contributed by atoms with van der Waals surface area (Å²) >= 11 is 1.30. The summed E-state index contributed by atoms with van der Waals surface area (Å²) in [5.41, 5.74) is 1.88. The number of esters is 1. The highest BCUT2D eigenvalue weighted by atomic mass is 32.2. The molecule has 166 valence electrons. The molecule has 3 rings (SSSR count). The molecule has 8 heteroatoms. The van der Waals surface area contributed by atoms with Crippen LogP contribution in [0.1, 0.15) is 22.8 Å². The van der Waals surface area contributed by atoms with Crippen LogP contribution in [0.2, 0.25) is 0 Å². The van der Waals surface area contributed by atoms with Crippen molar-refractivity contribution in [3.8, 4) is 11.5 Å². The van der Waals surface area contributed by atoms with E-state index in [9.17, 15) is 9.59 Å². The molecule has 1 saturated heterocycles. The second-order valence-electron chi connectivity index (χ2n) is 6.60. The fourth-order valence-electron chi connectivity index (χ4n) is 2.96. The van der Waals surface area contributed by atoms with Crippen LogP contribution >= 0.6 is 11.8 Å². The summed E-state index contributed by atoms with van der Waals surface area (Å²) in [4.78, 5) is 31.3. The summed E-state index contributed by atoms with van der Waals surface area (Å²) in [7, 11) is 2.90. The first-order valence-electron chi connectivity index (χ1n) is 9.91. The van der Waals surface area contributed by atoms with Gasteiger partial charge in [0.1, 0.15) is 6.61 Å². The number of nitrogens with zero attached hydrogens (tertiary/aromatic N) is 2. The van der Waals surface area contributed by atoms with Gasteiger partial charge in [0.15, 0.2) is 16.7 Å². The molecule has 2 aromatic carbocycles. The standard InChI is InChI=1S/C24H24N2O5S/c1-5-13-31-19-12-7-16(14-20(19)29-3)15-21-22(27)26(6-2)24(32-21)25-18-10-8-17(9-11-18)23(28)30-4/h5,7-12,14-15H,1,6,13H2,2-4H3/b21-15+,25-24?. The molecule has 0 saturated carbocycles. The average molecular weight is 453 g/mol. The highest BCUT2D eigenvalue weighted by molar-refractivity contribution is 8.18. The number of aliphatic imine (C=N–C) groups is 1. The Balaban J connectivity index is 1.86. The fourth-order valence-corrected chi connectivity index (χ4v) is 4.03. The summed E-state index contributed by atoms with van der Waals surface area (Å²) in [5, 5.41) is 0.576. The summed E-state index contributed by atoms with van der Waals surface area (Å²) in [6.45, 7) is 6.39. The van der Waals surface area contributed by atoms with E-state index in [-0.39, 0.29) is 5.91 Å². The van der Waals surface area contributed by atoms with Crippen molar-refractivity contribution < 1.29 is 23.8 Å². The van der Waals surface area contributed by atoms with Crippen LogP contribution in [-0.2, 0) is 9.53 Å². The van der Waals surface area contributed by atoms with Crippen molar-refractivity contribution in [3.05, 3.63) is 71.2 Å². The maximum absolute atomic E-state index is 12.9. The Labute approximate surface area is 191 Å². The Hall–Kier alpha value is -3.52. The topological polar surface area (TPSA) is 77.4 Å². The van der Waals surface area contributed by atoms with E-state index in [1.54, 1.807) is 54.5 Å². The van der Waals surface area contributed by atoms with Crippen LogP contribution in [0.15, 0.2) is 65.0 Å². The number of rotatable bonds is 8. The van der Waals surface area contributed by atoms with E-state index in [0.717, 1.165) is 5.56 Å². The molecule has 0 spiro atoms. The van der Waals surface area contributed by atoms with E-state index in [0.29, 0.717) is 46.0 Å². The number of carbonyl (C=O) groups excluding carboxylic acids is 2. The predicted molar refractivity (Wildman–Crippen MR) is 127 cm³/mol. The van der Waals surface area contributed by atoms with Crippen molar-refractivity contribution >= 4 is 40.6 Å². The van der Waals surface area contributed by atoms with Crippen LogP contribution in [0.25, 0.3) is 6.08 Å². The molecular weight excluding hydrogens is 428 g/mol. The minimum absolute atomic E-state index is 0.117. The number of amides is 1. The van der Waals surface area contributed by atoms with Crippen LogP contribution < -0.4 is 9.47 Å². The lowest BCUT2D eigenvalue weighted by atomic mass is 10.2. The van der Waals surface area contributed by atoms with Gasteiger partial charge in [0, 0.05) is 6.54 Å². The minimum atomic E-state index is -0.411. The van der Waals surface area contributed by atoms with Crippen LogP contribution in [0.3, 0.4) is 0 Å². The zero-order valence-electron chi connectivity index (χ0n) is 18.2. The largest absolute Gasteiger partial charge is 0.493 e. The Kier molecular flexibility index (Phi) is 7.72. The lowest BCUT2D eigenvalue weighted by molar-refractivity contribution is -0.122. The van der Waals surface area contributed by atoms with Crippen molar-refractivity contribution in [3.63, 3.8) is 0 Å². The monoisotopic (exact) mass is 452 g/mol. The number of carbonyl (C=O) groups is 2. The maximum atomic E-state index is 12.9. The van der Waals surface area contributed by atoms with Gasteiger partial charge in [-0.3, -0.25) is 9.69 Å². The zero-order chi connectivity index (χ0) is 23.1. The number of amidine groups is 1. The van der Waals surface area contributed by atoms with Gasteiger partial charge in [-0.05, 0) is 66.7 Å². The molecule has 1 heterocycles. The lowest BCUT2D eigenvalue weighted by Crippen LogP contribution is -2.28. The Morgan fingerprint density at radius 2 is 1.91 bits per heavy atom. The van der Waals surface area contributed by atoms with Crippen molar-refractivity contribution in [2.75, 3.05) is 27.4 Å². The Bertz CT molecular complexity index is 1080. The van der Waals surface area contributed by atoms with Crippen LogP contribution in [0.4, 0.5) is 5.69 Å². The molecule has 1 aliphatic heterocycles. The van der Waals surface area contributed by atoms with Gasteiger partial charge in [-0.2, -0.15) is 0 Å². The van der Waals surface area contributed by atoms with E-state index in [2.05, 4.69) is 11.6 Å². The Morgan fingerprint density at radius 1 is 1.16 bits per heavy atom. The van der Waals surface area contributed by atoms with Gasteiger partial charge in [-0.15, -0.1) is 0 Å². The molecule has 1 aliphatic rings. The van der Waals surface area contributed by atoms with E-state index >= 15 is 0 Å². The van der Waals surface area contributed by atoms with Gasteiger partial charge < -0.3 is 14.2 Å². The molecule has 0 aromatic heterocycles. The van der Waals surface area contributed by atoms with Crippen LogP contribution in [0, 0.1) is 0 Å². The number of ether oxygens (including phenoxy) is 3. The van der Waals surface area contributed by atoms with Gasteiger partial charge >= 0.3 is 5.97 Å². The molecule has 7 nitrogen and oxygen atoms in total. The molecule has 0 radical (unpaired) electrons. The molecule has 0 atom stereocenters. The Morgan fingerprint density at radius 3 is 2.53 bits per heavy atom. The maximum Gasteiger partial charge on any atom is 0.337 e. The van der Waals surface area contributed by atoms with E-state index in [1.807, 2.05) is 19.1 Å². The van der Waals surface area contributed by atoms with Gasteiger partial charge in [0.05, 0.1) is 30.4 Å². The van der Waals surface area contributed by atoms with Gasteiger partial charge in [0.25, 0.3) is 5.91 Å². The summed E-state index contributed by atoms with van der Waals surface area (Å²) in [6, 6.07) is 12.2. The first kappa shape index (κ1) is 23.1. The highest BCUT2D eigenvalue weighted by Gasteiger charge is 2.32. The third kappa shape index (κ3) is 5.20. The highest BCUT2D eigenvalue weighted by Crippen LogP contribution is 2.35. The van der Waals surface area contributed by atoms with Gasteiger partial charge in [-0.25, -0.2) is 9.79 Å².